The predicted octanol–water partition coefficient (Wildman–Crippen LogP) is 4.02. The summed E-state index contributed by atoms with van der Waals surface area (Å²) in [6, 6.07) is 10.5. The molecule has 0 fully saturated rings. The van der Waals surface area contributed by atoms with Crippen molar-refractivity contribution in [2.75, 3.05) is 0 Å². The van der Waals surface area contributed by atoms with Gasteiger partial charge in [-0.3, -0.25) is 0 Å². The lowest BCUT2D eigenvalue weighted by molar-refractivity contribution is -0.698. The first-order valence-corrected chi connectivity index (χ1v) is 9.47. The van der Waals surface area contributed by atoms with Crippen LogP contribution >= 0.6 is 0 Å². The van der Waals surface area contributed by atoms with E-state index in [0.29, 0.717) is 5.56 Å². The number of halogens is 6. The molecule has 0 N–H and O–H groups in total. The van der Waals surface area contributed by atoms with Crippen molar-refractivity contribution in [1.29, 1.82) is 0 Å². The number of aromatic nitrogens is 1. The minimum absolute atomic E-state index is 0.548. The summed E-state index contributed by atoms with van der Waals surface area (Å²) >= 11 is 0. The number of hydrogen-bond donors (Lipinski definition) is 0. The number of nitrogens with zero attached hydrogens (tertiary/aromatic N) is 1. The molecule has 0 atom stereocenters. The molecule has 1 heterocycles. The first kappa shape index (κ1) is 25.2. The van der Waals surface area contributed by atoms with E-state index in [1.54, 1.807) is 0 Å². The van der Waals surface area contributed by atoms with E-state index in [1.807, 2.05) is 35.0 Å². The third kappa shape index (κ3) is 8.26. The topological polar surface area (TPSA) is 61.1 Å². The van der Waals surface area contributed by atoms with Crippen LogP contribution in [0, 0.1) is 11.8 Å². The number of pyridine rings is 1. The minimum Gasteiger partial charge on any atom is -0.741 e. The maximum Gasteiger partial charge on any atom is 0.485 e. The predicted molar refractivity (Wildman–Crippen MR) is 94.6 cm³/mol. The molecule has 0 aliphatic heterocycles. The molecule has 1 aromatic heterocycles. The fourth-order valence-corrected chi connectivity index (χ4v) is 1.89. The van der Waals surface area contributed by atoms with Gasteiger partial charge in [0.15, 0.2) is 22.9 Å². The lowest BCUT2D eigenvalue weighted by Gasteiger charge is -2.08. The molecule has 0 amide bonds. The lowest BCUT2D eigenvalue weighted by atomic mass is 10.1. The molecule has 30 heavy (non-hydrogen) atoms. The Hall–Kier alpha value is -2.84. The summed E-state index contributed by atoms with van der Waals surface area (Å²) in [4.78, 5) is 0. The summed E-state index contributed by atoms with van der Waals surface area (Å²) in [7, 11) is -6.09. The second-order valence-corrected chi connectivity index (χ2v) is 6.95. The van der Waals surface area contributed by atoms with Gasteiger partial charge in [0.1, 0.15) is 0 Å². The van der Waals surface area contributed by atoms with Crippen LogP contribution in [0.1, 0.15) is 23.2 Å². The average molecular weight is 451 g/mol. The van der Waals surface area contributed by atoms with Crippen LogP contribution in [0.4, 0.5) is 26.3 Å². The number of allylic oxidation sites excluding steroid dienone is 1. The van der Waals surface area contributed by atoms with Crippen LogP contribution in [-0.2, 0) is 22.8 Å². The molecular formula is C19H15F6NO3S. The van der Waals surface area contributed by atoms with Gasteiger partial charge in [0.2, 0.25) is 0 Å². The van der Waals surface area contributed by atoms with Crippen molar-refractivity contribution in [3.63, 3.8) is 0 Å². The third-order valence-corrected chi connectivity index (χ3v) is 3.91. The van der Waals surface area contributed by atoms with Gasteiger partial charge in [-0.1, -0.05) is 12.0 Å². The maximum atomic E-state index is 12.5. The molecule has 0 spiro atoms. The van der Waals surface area contributed by atoms with Crippen LogP contribution in [0.15, 0.2) is 61.3 Å². The average Bonchev–Trinajstić information content (AvgIpc) is 2.64. The molecule has 0 saturated carbocycles. The van der Waals surface area contributed by atoms with Crippen molar-refractivity contribution >= 4 is 10.1 Å². The summed E-state index contributed by atoms with van der Waals surface area (Å²) in [5, 5.41) is 0. The molecule has 0 radical (unpaired) electrons. The first-order chi connectivity index (χ1) is 13.8. The van der Waals surface area contributed by atoms with E-state index >= 15 is 0 Å². The van der Waals surface area contributed by atoms with Crippen molar-refractivity contribution in [3.05, 3.63) is 78.1 Å². The summed E-state index contributed by atoms with van der Waals surface area (Å²) in [6.07, 6.45) is 0.246. The Balaban J connectivity index is 0.000000479. The molecule has 0 unspecified atom stereocenters. The Morgan fingerprint density at radius 3 is 2.03 bits per heavy atom. The van der Waals surface area contributed by atoms with Crippen LogP contribution in [0.25, 0.3) is 0 Å². The van der Waals surface area contributed by atoms with Crippen molar-refractivity contribution < 1.29 is 43.9 Å². The van der Waals surface area contributed by atoms with Gasteiger partial charge in [-0.25, -0.2) is 8.42 Å². The molecule has 0 bridgehead atoms. The Bertz CT molecular complexity index is 1020. The molecule has 162 valence electrons. The van der Waals surface area contributed by atoms with Crippen molar-refractivity contribution in [2.24, 2.45) is 0 Å². The van der Waals surface area contributed by atoms with Gasteiger partial charge in [-0.15, -0.1) is 6.58 Å². The Morgan fingerprint density at radius 2 is 1.57 bits per heavy atom. The zero-order valence-electron chi connectivity index (χ0n) is 15.2. The van der Waals surface area contributed by atoms with Gasteiger partial charge in [-0.2, -0.15) is 30.9 Å². The molecule has 1 aromatic carbocycles. The fourth-order valence-electron chi connectivity index (χ4n) is 1.89. The summed E-state index contributed by atoms with van der Waals surface area (Å²) in [5.74, 6) is 5.89. The number of aryl methyl sites for hydroxylation is 1. The summed E-state index contributed by atoms with van der Waals surface area (Å²) < 4.78 is 98.4. The highest BCUT2D eigenvalue weighted by Gasteiger charge is 2.37. The molecule has 11 heteroatoms. The van der Waals surface area contributed by atoms with E-state index in [-0.39, 0.29) is 0 Å². The highest BCUT2D eigenvalue weighted by Crippen LogP contribution is 2.28. The van der Waals surface area contributed by atoms with E-state index in [4.69, 9.17) is 13.0 Å². The zero-order chi connectivity index (χ0) is 23.0. The largest absolute Gasteiger partial charge is 0.741 e. The molecule has 0 aliphatic rings. The molecule has 0 aliphatic carbocycles. The molecule has 0 saturated heterocycles. The summed E-state index contributed by atoms with van der Waals surface area (Å²) in [5.41, 5.74) is -4.96. The van der Waals surface area contributed by atoms with E-state index in [2.05, 4.69) is 18.4 Å². The highest BCUT2D eigenvalue weighted by molar-refractivity contribution is 7.86. The Labute approximate surface area is 169 Å². The normalized spacial score (nSPS) is 11.6. The minimum atomic E-state index is -6.09. The van der Waals surface area contributed by atoms with Crippen LogP contribution < -0.4 is 4.57 Å². The van der Waals surface area contributed by atoms with Gasteiger partial charge in [0, 0.05) is 30.0 Å². The Morgan fingerprint density at radius 1 is 1.00 bits per heavy atom. The second-order valence-electron chi connectivity index (χ2n) is 5.58. The smallest absolute Gasteiger partial charge is 0.485 e. The standard InChI is InChI=1S/C18H15F3N.CHF3O3S/c1-2-3-13-22-14-5-4-6-17(22)12-9-15-7-10-16(11-8-15)18(19,20)21;2-1(3,4)8(5,6)7/h2,4-8,10-11,14H,1,3,13H2;(H,5,6,7)/q+1;/p-1. The molecule has 2 aromatic rings. The number of benzene rings is 1. The SMILES string of the molecule is C=CCC[n+]1ccccc1C#Cc1ccc(C(F)(F)F)cc1.O=S(=O)([O-])C(F)(F)F. The van der Waals surface area contributed by atoms with E-state index in [9.17, 15) is 26.3 Å². The monoisotopic (exact) mass is 451 g/mol. The number of alkyl halides is 6. The van der Waals surface area contributed by atoms with Crippen molar-refractivity contribution in [3.8, 4) is 11.8 Å². The third-order valence-electron chi connectivity index (χ3n) is 3.35. The van der Waals surface area contributed by atoms with E-state index in [1.165, 1.54) is 12.1 Å². The van der Waals surface area contributed by atoms with Crippen LogP contribution in [0.5, 0.6) is 0 Å². The number of hydrogen-bond acceptors (Lipinski definition) is 3. The molecule has 2 rings (SSSR count). The fraction of sp³-hybridized carbons (Fsp3) is 0.211. The zero-order valence-corrected chi connectivity index (χ0v) is 16.0. The van der Waals surface area contributed by atoms with Crippen LogP contribution in [0.2, 0.25) is 0 Å². The number of rotatable bonds is 3. The summed E-state index contributed by atoms with van der Waals surface area (Å²) in [6.45, 7) is 4.45. The van der Waals surface area contributed by atoms with E-state index < -0.39 is 27.4 Å². The highest BCUT2D eigenvalue weighted by atomic mass is 32.2. The Kier molecular flexibility index (Phi) is 8.62. The lowest BCUT2D eigenvalue weighted by Crippen LogP contribution is -2.36. The van der Waals surface area contributed by atoms with Crippen LogP contribution in [0.3, 0.4) is 0 Å². The van der Waals surface area contributed by atoms with Crippen LogP contribution in [-0.4, -0.2) is 18.5 Å². The van der Waals surface area contributed by atoms with Crippen molar-refractivity contribution in [1.82, 2.24) is 0 Å². The second kappa shape index (κ2) is 10.3. The quantitative estimate of drug-likeness (QED) is 0.177. The van der Waals surface area contributed by atoms with E-state index in [0.717, 1.165) is 30.8 Å². The van der Waals surface area contributed by atoms with Gasteiger partial charge >= 0.3 is 11.7 Å². The first-order valence-electron chi connectivity index (χ1n) is 8.06. The van der Waals surface area contributed by atoms with Gasteiger partial charge in [-0.05, 0) is 30.3 Å². The maximum absolute atomic E-state index is 12.5. The van der Waals surface area contributed by atoms with Gasteiger partial charge in [0.25, 0.3) is 5.69 Å². The van der Waals surface area contributed by atoms with Gasteiger partial charge < -0.3 is 4.55 Å². The molecular weight excluding hydrogens is 436 g/mol. The van der Waals surface area contributed by atoms with Crippen molar-refractivity contribution in [2.45, 2.75) is 24.7 Å². The van der Waals surface area contributed by atoms with Gasteiger partial charge in [0.05, 0.1) is 5.56 Å². The molecule has 4 nitrogen and oxygen atoms in total.